The van der Waals surface area contributed by atoms with Crippen LogP contribution in [0.15, 0.2) is 36.5 Å². The molecule has 0 aromatic heterocycles. The third-order valence-corrected chi connectivity index (χ3v) is 7.57. The SMILES string of the molecule is CCCCCC/C=C\C/C=C\CCCCCCCCCC(=O)OC(/C=C\CCCCCC)CCCCCCC(=O)O. The fraction of sp³-hybridized carbons (Fsp3) is 0.784. The zero-order valence-corrected chi connectivity index (χ0v) is 27.1. The number of hydrogen-bond donors (Lipinski definition) is 1. The molecule has 0 spiro atoms. The number of carboxylic acid groups (broad SMARTS) is 1. The second kappa shape index (κ2) is 32.7. The molecule has 1 atom stereocenters. The number of carboxylic acids is 1. The van der Waals surface area contributed by atoms with E-state index >= 15 is 0 Å². The minimum absolute atomic E-state index is 0.0744. The number of carbonyl (C=O) groups is 2. The number of aliphatic carboxylic acids is 1. The second-order valence-corrected chi connectivity index (χ2v) is 11.7. The molecule has 1 N–H and O–H groups in total. The molecule has 0 amide bonds. The third-order valence-electron chi connectivity index (χ3n) is 7.57. The van der Waals surface area contributed by atoms with Crippen LogP contribution in [-0.4, -0.2) is 23.1 Å². The van der Waals surface area contributed by atoms with E-state index in [9.17, 15) is 9.59 Å². The van der Waals surface area contributed by atoms with Crippen molar-refractivity contribution in [2.75, 3.05) is 0 Å². The van der Waals surface area contributed by atoms with Crippen LogP contribution in [0, 0.1) is 0 Å². The number of unbranched alkanes of at least 4 members (excludes halogenated alkanes) is 18. The van der Waals surface area contributed by atoms with Gasteiger partial charge in [-0.15, -0.1) is 0 Å². The number of carbonyl (C=O) groups excluding carboxylic acids is 1. The minimum atomic E-state index is -0.724. The first kappa shape index (κ1) is 39.2. The highest BCUT2D eigenvalue weighted by atomic mass is 16.5. The summed E-state index contributed by atoms with van der Waals surface area (Å²) >= 11 is 0. The van der Waals surface area contributed by atoms with Crippen LogP contribution in [0.1, 0.15) is 181 Å². The molecule has 0 aliphatic heterocycles. The molecule has 0 aromatic carbocycles. The monoisotopic (exact) mass is 574 g/mol. The Hall–Kier alpha value is -1.84. The smallest absolute Gasteiger partial charge is 0.306 e. The Morgan fingerprint density at radius 3 is 1.59 bits per heavy atom. The number of esters is 1. The lowest BCUT2D eigenvalue weighted by molar-refractivity contribution is -0.147. The van der Waals surface area contributed by atoms with E-state index in [1.165, 1.54) is 96.3 Å². The molecule has 1 unspecified atom stereocenters. The van der Waals surface area contributed by atoms with Crippen LogP contribution >= 0.6 is 0 Å². The standard InChI is InChI=1S/C37H66O4/c1-3-5-7-9-11-12-13-14-15-16-17-18-19-20-21-22-24-30-34-37(40)41-35(31-27-23-10-8-6-4-2)32-28-25-26-29-33-36(38)39/h12-13,15-16,27,31,35H,3-11,14,17-26,28-30,32-34H2,1-2H3,(H,38,39)/b13-12-,16-15-,31-27-. The fourth-order valence-corrected chi connectivity index (χ4v) is 4.95. The van der Waals surface area contributed by atoms with Crippen LogP contribution in [0.4, 0.5) is 0 Å². The summed E-state index contributed by atoms with van der Waals surface area (Å²) in [4.78, 5) is 23.1. The predicted octanol–water partition coefficient (Wildman–Crippen LogP) is 11.8. The normalized spacial score (nSPS) is 12.6. The van der Waals surface area contributed by atoms with Crippen molar-refractivity contribution in [2.24, 2.45) is 0 Å². The van der Waals surface area contributed by atoms with E-state index in [0.717, 1.165) is 57.8 Å². The molecule has 0 rings (SSSR count). The molecular weight excluding hydrogens is 508 g/mol. The Kier molecular flexibility index (Phi) is 31.2. The Morgan fingerprint density at radius 2 is 1.02 bits per heavy atom. The van der Waals surface area contributed by atoms with E-state index in [-0.39, 0.29) is 18.5 Å². The van der Waals surface area contributed by atoms with E-state index in [0.29, 0.717) is 6.42 Å². The molecule has 0 aliphatic carbocycles. The van der Waals surface area contributed by atoms with Gasteiger partial charge in [-0.1, -0.05) is 128 Å². The van der Waals surface area contributed by atoms with Crippen LogP contribution in [0.5, 0.6) is 0 Å². The van der Waals surface area contributed by atoms with Gasteiger partial charge in [-0.3, -0.25) is 9.59 Å². The Balaban J connectivity index is 3.90. The summed E-state index contributed by atoms with van der Waals surface area (Å²) in [6.07, 6.45) is 41.7. The number of rotatable bonds is 31. The maximum Gasteiger partial charge on any atom is 0.306 e. The number of hydrogen-bond acceptors (Lipinski definition) is 3. The molecule has 238 valence electrons. The van der Waals surface area contributed by atoms with Crippen LogP contribution in [0.25, 0.3) is 0 Å². The molecule has 0 saturated heterocycles. The van der Waals surface area contributed by atoms with E-state index in [4.69, 9.17) is 9.84 Å². The molecule has 0 heterocycles. The largest absolute Gasteiger partial charge is 0.481 e. The zero-order chi connectivity index (χ0) is 30.1. The zero-order valence-electron chi connectivity index (χ0n) is 27.1. The Morgan fingerprint density at radius 1 is 0.561 bits per heavy atom. The lowest BCUT2D eigenvalue weighted by Crippen LogP contribution is -2.16. The highest BCUT2D eigenvalue weighted by Gasteiger charge is 2.11. The van der Waals surface area contributed by atoms with E-state index in [2.05, 4.69) is 50.3 Å². The second-order valence-electron chi connectivity index (χ2n) is 11.7. The highest BCUT2D eigenvalue weighted by molar-refractivity contribution is 5.69. The van der Waals surface area contributed by atoms with E-state index in [1.807, 2.05) is 0 Å². The van der Waals surface area contributed by atoms with Crippen LogP contribution in [0.2, 0.25) is 0 Å². The summed E-state index contributed by atoms with van der Waals surface area (Å²) in [5.41, 5.74) is 0. The van der Waals surface area contributed by atoms with E-state index < -0.39 is 5.97 Å². The van der Waals surface area contributed by atoms with Gasteiger partial charge in [0.2, 0.25) is 0 Å². The van der Waals surface area contributed by atoms with Crippen molar-refractivity contribution in [1.29, 1.82) is 0 Å². The van der Waals surface area contributed by atoms with Crippen molar-refractivity contribution >= 4 is 11.9 Å². The van der Waals surface area contributed by atoms with Gasteiger partial charge in [-0.25, -0.2) is 0 Å². The summed E-state index contributed by atoms with van der Waals surface area (Å²) in [5.74, 6) is -0.799. The third kappa shape index (κ3) is 32.5. The van der Waals surface area contributed by atoms with Gasteiger partial charge in [0.1, 0.15) is 6.10 Å². The molecule has 0 aromatic rings. The lowest BCUT2D eigenvalue weighted by atomic mass is 10.1. The van der Waals surface area contributed by atoms with Gasteiger partial charge in [-0.05, 0) is 76.7 Å². The first-order chi connectivity index (χ1) is 20.1. The summed E-state index contributed by atoms with van der Waals surface area (Å²) in [7, 11) is 0. The van der Waals surface area contributed by atoms with Crippen molar-refractivity contribution in [2.45, 2.75) is 187 Å². The fourth-order valence-electron chi connectivity index (χ4n) is 4.95. The van der Waals surface area contributed by atoms with Crippen LogP contribution < -0.4 is 0 Å². The molecular formula is C37H66O4. The Bertz CT molecular complexity index is 664. The van der Waals surface area contributed by atoms with Gasteiger partial charge < -0.3 is 9.84 Å². The summed E-state index contributed by atoms with van der Waals surface area (Å²) in [6.45, 7) is 4.48. The van der Waals surface area contributed by atoms with Crippen molar-refractivity contribution in [3.63, 3.8) is 0 Å². The van der Waals surface area contributed by atoms with Gasteiger partial charge >= 0.3 is 11.9 Å². The van der Waals surface area contributed by atoms with Gasteiger partial charge in [0.05, 0.1) is 0 Å². The number of ether oxygens (including phenoxy) is 1. The quantitative estimate of drug-likeness (QED) is 0.0508. The molecule has 0 radical (unpaired) electrons. The first-order valence-corrected chi connectivity index (χ1v) is 17.5. The van der Waals surface area contributed by atoms with Crippen molar-refractivity contribution in [3.8, 4) is 0 Å². The van der Waals surface area contributed by atoms with Crippen molar-refractivity contribution in [1.82, 2.24) is 0 Å². The van der Waals surface area contributed by atoms with Crippen molar-refractivity contribution < 1.29 is 19.4 Å². The van der Waals surface area contributed by atoms with Crippen LogP contribution in [0.3, 0.4) is 0 Å². The average molecular weight is 575 g/mol. The molecule has 0 aliphatic rings. The predicted molar refractivity (Wildman–Crippen MR) is 176 cm³/mol. The maximum absolute atomic E-state index is 12.5. The van der Waals surface area contributed by atoms with Gasteiger partial charge in [0, 0.05) is 12.8 Å². The van der Waals surface area contributed by atoms with Gasteiger partial charge in [0.25, 0.3) is 0 Å². The molecule has 4 nitrogen and oxygen atoms in total. The summed E-state index contributed by atoms with van der Waals surface area (Å²) < 4.78 is 5.83. The topological polar surface area (TPSA) is 63.6 Å². The summed E-state index contributed by atoms with van der Waals surface area (Å²) in [6, 6.07) is 0. The molecule has 41 heavy (non-hydrogen) atoms. The van der Waals surface area contributed by atoms with Gasteiger partial charge in [-0.2, -0.15) is 0 Å². The molecule has 0 bridgehead atoms. The van der Waals surface area contributed by atoms with E-state index in [1.54, 1.807) is 0 Å². The van der Waals surface area contributed by atoms with Crippen molar-refractivity contribution in [3.05, 3.63) is 36.5 Å². The molecule has 0 saturated carbocycles. The van der Waals surface area contributed by atoms with Gasteiger partial charge in [0.15, 0.2) is 0 Å². The minimum Gasteiger partial charge on any atom is -0.481 e. The average Bonchev–Trinajstić information content (AvgIpc) is 2.95. The first-order valence-electron chi connectivity index (χ1n) is 17.5. The number of allylic oxidation sites excluding steroid dienone is 5. The summed E-state index contributed by atoms with van der Waals surface area (Å²) in [5, 5.41) is 8.78. The Labute approximate surface area is 254 Å². The van der Waals surface area contributed by atoms with Crippen LogP contribution in [-0.2, 0) is 14.3 Å². The maximum atomic E-state index is 12.5. The lowest BCUT2D eigenvalue weighted by Gasteiger charge is -2.15. The highest BCUT2D eigenvalue weighted by Crippen LogP contribution is 2.15. The molecule has 4 heteroatoms. The molecule has 0 fully saturated rings.